The maximum Gasteiger partial charge on any atom is 0.0708 e. The Labute approximate surface area is 88.2 Å². The van der Waals surface area contributed by atoms with Gasteiger partial charge >= 0.3 is 0 Å². The van der Waals surface area contributed by atoms with E-state index in [1.807, 2.05) is 24.4 Å². The van der Waals surface area contributed by atoms with Crippen LogP contribution in [-0.2, 0) is 0 Å². The van der Waals surface area contributed by atoms with Gasteiger partial charge in [-0.3, -0.25) is 4.98 Å². The van der Waals surface area contributed by atoms with E-state index < -0.39 is 0 Å². The van der Waals surface area contributed by atoms with Crippen LogP contribution in [-0.4, -0.2) is 4.98 Å². The molecule has 1 heterocycles. The van der Waals surface area contributed by atoms with Gasteiger partial charge in [-0.25, -0.2) is 0 Å². The second kappa shape index (κ2) is 3.67. The summed E-state index contributed by atoms with van der Waals surface area (Å²) in [6, 6.07) is 16.6. The molecule has 74 valence electrons. The van der Waals surface area contributed by atoms with Crippen LogP contribution >= 0.6 is 0 Å². The minimum absolute atomic E-state index is 0. The van der Waals surface area contributed by atoms with Gasteiger partial charge in [0.15, 0.2) is 0 Å². The summed E-state index contributed by atoms with van der Waals surface area (Å²) >= 11 is 0. The highest BCUT2D eigenvalue weighted by atomic mass is 14.6. The molecule has 0 spiro atoms. The van der Waals surface area contributed by atoms with E-state index in [0.717, 1.165) is 5.52 Å². The highest BCUT2D eigenvalue weighted by Crippen LogP contribution is 2.22. The largest absolute Gasteiger partial charge is 0.344 e. The van der Waals surface area contributed by atoms with Gasteiger partial charge in [-0.1, -0.05) is 42.5 Å². The summed E-state index contributed by atoms with van der Waals surface area (Å²) in [6.07, 6.45) is 1.93. The first kappa shape index (κ1) is 9.62. The van der Waals surface area contributed by atoms with Crippen molar-refractivity contribution in [3.63, 3.8) is 0 Å². The Balaban J connectivity index is 0.000000853. The van der Waals surface area contributed by atoms with Crippen LogP contribution in [0.15, 0.2) is 54.7 Å². The molecule has 0 unspecified atom stereocenters. The number of pyridine rings is 1. The fourth-order valence-corrected chi connectivity index (χ4v) is 1.81. The molecule has 3 rings (SSSR count). The SMILES string of the molecule is N.c1ccc2c(c1)cnc1ccccc12. The van der Waals surface area contributed by atoms with Gasteiger partial charge in [0, 0.05) is 17.0 Å². The van der Waals surface area contributed by atoms with Gasteiger partial charge in [-0.2, -0.15) is 0 Å². The fraction of sp³-hybridized carbons (Fsp3) is 0. The Kier molecular flexibility index (Phi) is 2.35. The van der Waals surface area contributed by atoms with Crippen molar-refractivity contribution in [3.05, 3.63) is 54.7 Å². The van der Waals surface area contributed by atoms with Gasteiger partial charge in [0.2, 0.25) is 0 Å². The van der Waals surface area contributed by atoms with Crippen molar-refractivity contribution in [1.29, 1.82) is 0 Å². The van der Waals surface area contributed by atoms with Crippen LogP contribution in [0.3, 0.4) is 0 Å². The predicted molar refractivity (Wildman–Crippen MR) is 64.3 cm³/mol. The number of para-hydroxylation sites is 1. The molecule has 2 aromatic carbocycles. The molecular weight excluding hydrogens is 184 g/mol. The molecule has 0 saturated heterocycles. The highest BCUT2D eigenvalue weighted by Gasteiger charge is 1.98. The summed E-state index contributed by atoms with van der Waals surface area (Å²) in [7, 11) is 0. The molecule has 0 bridgehead atoms. The Morgan fingerprint density at radius 3 is 2.27 bits per heavy atom. The summed E-state index contributed by atoms with van der Waals surface area (Å²) in [5, 5.41) is 3.70. The van der Waals surface area contributed by atoms with E-state index in [-0.39, 0.29) is 6.15 Å². The van der Waals surface area contributed by atoms with Gasteiger partial charge in [0.1, 0.15) is 0 Å². The van der Waals surface area contributed by atoms with Crippen LogP contribution in [0.2, 0.25) is 0 Å². The average Bonchev–Trinajstić information content (AvgIpc) is 2.29. The average molecular weight is 196 g/mol. The molecule has 3 N–H and O–H groups in total. The van der Waals surface area contributed by atoms with E-state index in [1.165, 1.54) is 16.2 Å². The van der Waals surface area contributed by atoms with Crippen molar-refractivity contribution in [2.45, 2.75) is 0 Å². The molecule has 0 aliphatic carbocycles. The van der Waals surface area contributed by atoms with E-state index in [0.29, 0.717) is 0 Å². The van der Waals surface area contributed by atoms with Gasteiger partial charge < -0.3 is 6.15 Å². The molecule has 0 saturated carbocycles. The van der Waals surface area contributed by atoms with Crippen molar-refractivity contribution < 1.29 is 0 Å². The summed E-state index contributed by atoms with van der Waals surface area (Å²) in [6.45, 7) is 0. The quantitative estimate of drug-likeness (QED) is 0.559. The molecule has 3 aromatic rings. The topological polar surface area (TPSA) is 47.9 Å². The van der Waals surface area contributed by atoms with E-state index in [9.17, 15) is 0 Å². The zero-order valence-corrected chi connectivity index (χ0v) is 8.35. The van der Waals surface area contributed by atoms with Gasteiger partial charge in [-0.05, 0) is 11.5 Å². The number of benzene rings is 2. The second-order valence-electron chi connectivity index (χ2n) is 3.36. The Morgan fingerprint density at radius 1 is 0.733 bits per heavy atom. The number of nitrogens with zero attached hydrogens (tertiary/aromatic N) is 1. The van der Waals surface area contributed by atoms with Crippen LogP contribution in [0, 0.1) is 0 Å². The number of hydrogen-bond donors (Lipinski definition) is 1. The van der Waals surface area contributed by atoms with Crippen LogP contribution in [0.5, 0.6) is 0 Å². The first-order valence-corrected chi connectivity index (χ1v) is 4.68. The van der Waals surface area contributed by atoms with Crippen molar-refractivity contribution >= 4 is 21.7 Å². The first-order chi connectivity index (χ1) is 6.95. The maximum atomic E-state index is 4.41. The molecule has 0 radical (unpaired) electrons. The summed E-state index contributed by atoms with van der Waals surface area (Å²) in [5.41, 5.74) is 1.06. The zero-order valence-electron chi connectivity index (χ0n) is 8.35. The molecule has 0 aliphatic heterocycles. The smallest absolute Gasteiger partial charge is 0.0708 e. The normalized spacial score (nSPS) is 10.1. The Hall–Kier alpha value is -1.93. The van der Waals surface area contributed by atoms with E-state index >= 15 is 0 Å². The highest BCUT2D eigenvalue weighted by molar-refractivity contribution is 6.05. The lowest BCUT2D eigenvalue weighted by Gasteiger charge is -2.01. The Bertz CT molecular complexity index is 548. The fourth-order valence-electron chi connectivity index (χ4n) is 1.81. The molecular formula is C13H12N2. The predicted octanol–water partition coefficient (Wildman–Crippen LogP) is 3.55. The third kappa shape index (κ3) is 1.45. The summed E-state index contributed by atoms with van der Waals surface area (Å²) in [4.78, 5) is 4.41. The monoisotopic (exact) mass is 196 g/mol. The van der Waals surface area contributed by atoms with Crippen LogP contribution in [0.4, 0.5) is 0 Å². The molecule has 0 fully saturated rings. The standard InChI is InChI=1S/C13H9N.H3N/c1-2-6-11-10(5-1)9-14-13-8-4-3-7-12(11)13;/h1-9H;1H3. The molecule has 0 atom stereocenters. The first-order valence-electron chi connectivity index (χ1n) is 4.68. The van der Waals surface area contributed by atoms with Crippen molar-refractivity contribution in [2.24, 2.45) is 0 Å². The number of aromatic nitrogens is 1. The van der Waals surface area contributed by atoms with Crippen LogP contribution < -0.4 is 6.15 Å². The van der Waals surface area contributed by atoms with Crippen molar-refractivity contribution in [3.8, 4) is 0 Å². The molecule has 2 nitrogen and oxygen atoms in total. The zero-order chi connectivity index (χ0) is 9.38. The second-order valence-corrected chi connectivity index (χ2v) is 3.36. The summed E-state index contributed by atoms with van der Waals surface area (Å²) < 4.78 is 0. The lowest BCUT2D eigenvalue weighted by Crippen LogP contribution is -1.80. The van der Waals surface area contributed by atoms with Crippen LogP contribution in [0.1, 0.15) is 0 Å². The van der Waals surface area contributed by atoms with Crippen molar-refractivity contribution in [2.75, 3.05) is 0 Å². The third-order valence-electron chi connectivity index (χ3n) is 2.50. The van der Waals surface area contributed by atoms with Crippen LogP contribution in [0.25, 0.3) is 21.7 Å². The Morgan fingerprint density at radius 2 is 1.40 bits per heavy atom. The third-order valence-corrected chi connectivity index (χ3v) is 2.50. The van der Waals surface area contributed by atoms with E-state index in [4.69, 9.17) is 0 Å². The lowest BCUT2D eigenvalue weighted by molar-refractivity contribution is 1.44. The van der Waals surface area contributed by atoms with Gasteiger partial charge in [-0.15, -0.1) is 0 Å². The van der Waals surface area contributed by atoms with E-state index in [2.05, 4.69) is 35.3 Å². The van der Waals surface area contributed by atoms with Crippen molar-refractivity contribution in [1.82, 2.24) is 11.1 Å². The molecule has 15 heavy (non-hydrogen) atoms. The molecule has 0 amide bonds. The molecule has 1 aromatic heterocycles. The number of fused-ring (bicyclic) bond motifs is 3. The maximum absolute atomic E-state index is 4.41. The number of hydrogen-bond acceptors (Lipinski definition) is 2. The molecule has 0 aliphatic rings. The van der Waals surface area contributed by atoms with Gasteiger partial charge in [0.05, 0.1) is 5.52 Å². The van der Waals surface area contributed by atoms with E-state index in [1.54, 1.807) is 0 Å². The minimum Gasteiger partial charge on any atom is -0.344 e. The lowest BCUT2D eigenvalue weighted by atomic mass is 10.1. The molecule has 2 heteroatoms. The van der Waals surface area contributed by atoms with Gasteiger partial charge in [0.25, 0.3) is 0 Å². The minimum atomic E-state index is 0. The summed E-state index contributed by atoms with van der Waals surface area (Å²) in [5.74, 6) is 0. The number of rotatable bonds is 0.